The fourth-order valence-electron chi connectivity index (χ4n) is 1.18. The van der Waals surface area contributed by atoms with Crippen molar-refractivity contribution >= 4 is 6.72 Å². The zero-order valence-corrected chi connectivity index (χ0v) is 9.66. The summed E-state index contributed by atoms with van der Waals surface area (Å²) in [6.07, 6.45) is 7.53. The Morgan fingerprint density at radius 2 is 2.14 bits per heavy atom. The third-order valence-electron chi connectivity index (χ3n) is 1.97. The molecule has 0 aliphatic heterocycles. The molecular formula is C12H22N2. The van der Waals surface area contributed by atoms with Gasteiger partial charge in [-0.15, -0.1) is 0 Å². The fraction of sp³-hybridized carbons (Fsp3) is 0.583. The van der Waals surface area contributed by atoms with Crippen LogP contribution in [0.25, 0.3) is 0 Å². The van der Waals surface area contributed by atoms with Crippen LogP contribution in [0.3, 0.4) is 0 Å². The summed E-state index contributed by atoms with van der Waals surface area (Å²) >= 11 is 0. The van der Waals surface area contributed by atoms with Gasteiger partial charge in [0.25, 0.3) is 0 Å². The summed E-state index contributed by atoms with van der Waals surface area (Å²) in [5.41, 5.74) is 1.36. The Kier molecular flexibility index (Phi) is 8.14. The smallest absolute Gasteiger partial charge is 0.0904 e. The molecule has 0 heterocycles. The van der Waals surface area contributed by atoms with Crippen LogP contribution in [0.2, 0.25) is 0 Å². The van der Waals surface area contributed by atoms with Crippen LogP contribution in [0, 0.1) is 0 Å². The maximum absolute atomic E-state index is 3.89. The summed E-state index contributed by atoms with van der Waals surface area (Å²) in [7, 11) is 0. The molecule has 2 heteroatoms. The Morgan fingerprint density at radius 3 is 2.64 bits per heavy atom. The number of hydrogen-bond acceptors (Lipinski definition) is 2. The highest BCUT2D eigenvalue weighted by Gasteiger charge is 1.99. The second kappa shape index (κ2) is 8.70. The zero-order valence-electron chi connectivity index (χ0n) is 9.66. The Bertz CT molecular complexity index is 204. The van der Waals surface area contributed by atoms with Crippen molar-refractivity contribution in [1.82, 2.24) is 4.90 Å². The number of hydrogen-bond donors (Lipinski definition) is 0. The molecule has 0 rings (SSSR count). The molecule has 0 unspecified atom stereocenters. The molecule has 0 aromatic rings. The molecule has 0 aliphatic carbocycles. The SMILES string of the molecule is C=NCN(CC)CC(C)=CC=CCC. The van der Waals surface area contributed by atoms with Crippen molar-refractivity contribution < 1.29 is 0 Å². The highest BCUT2D eigenvalue weighted by atomic mass is 15.2. The first-order valence-electron chi connectivity index (χ1n) is 5.21. The van der Waals surface area contributed by atoms with Gasteiger partial charge in [0.2, 0.25) is 0 Å². The van der Waals surface area contributed by atoms with E-state index in [1.54, 1.807) is 0 Å². The van der Waals surface area contributed by atoms with Gasteiger partial charge < -0.3 is 0 Å². The molecule has 0 aromatic carbocycles. The van der Waals surface area contributed by atoms with Gasteiger partial charge in [-0.3, -0.25) is 9.89 Å². The van der Waals surface area contributed by atoms with Gasteiger partial charge in [0.15, 0.2) is 0 Å². The third kappa shape index (κ3) is 6.61. The minimum Gasteiger partial charge on any atom is -0.285 e. The van der Waals surface area contributed by atoms with Gasteiger partial charge in [0, 0.05) is 6.54 Å². The fourth-order valence-corrected chi connectivity index (χ4v) is 1.18. The Hall–Kier alpha value is -0.890. The summed E-state index contributed by atoms with van der Waals surface area (Å²) in [6, 6.07) is 0. The van der Waals surface area contributed by atoms with E-state index in [-0.39, 0.29) is 0 Å². The number of allylic oxidation sites excluding steroid dienone is 3. The van der Waals surface area contributed by atoms with E-state index in [1.807, 2.05) is 0 Å². The molecule has 0 amide bonds. The molecule has 0 fully saturated rings. The lowest BCUT2D eigenvalue weighted by Gasteiger charge is -2.17. The van der Waals surface area contributed by atoms with Gasteiger partial charge in [-0.1, -0.05) is 37.6 Å². The van der Waals surface area contributed by atoms with Gasteiger partial charge in [-0.05, 0) is 26.6 Å². The van der Waals surface area contributed by atoms with Crippen LogP contribution in [0.1, 0.15) is 27.2 Å². The molecule has 0 radical (unpaired) electrons. The molecule has 0 atom stereocenters. The molecule has 80 valence electrons. The maximum atomic E-state index is 3.89. The van der Waals surface area contributed by atoms with Crippen LogP contribution in [-0.4, -0.2) is 31.4 Å². The molecule has 2 nitrogen and oxygen atoms in total. The van der Waals surface area contributed by atoms with Crippen LogP contribution in [-0.2, 0) is 0 Å². The van der Waals surface area contributed by atoms with E-state index in [1.165, 1.54) is 5.57 Å². The van der Waals surface area contributed by atoms with E-state index < -0.39 is 0 Å². The first kappa shape index (κ1) is 13.1. The number of nitrogens with zero attached hydrogens (tertiary/aromatic N) is 2. The standard InChI is InChI=1S/C12H22N2/c1-5-7-8-9-12(3)10-14(6-2)11-13-4/h7-9H,4-6,10-11H2,1-3H3. The average molecular weight is 194 g/mol. The van der Waals surface area contributed by atoms with Crippen LogP contribution in [0.5, 0.6) is 0 Å². The monoisotopic (exact) mass is 194 g/mol. The third-order valence-corrected chi connectivity index (χ3v) is 1.97. The highest BCUT2D eigenvalue weighted by molar-refractivity contribution is 5.23. The summed E-state index contributed by atoms with van der Waals surface area (Å²) < 4.78 is 0. The molecule has 0 aliphatic rings. The lowest BCUT2D eigenvalue weighted by molar-refractivity contribution is 0.324. The molecule has 0 N–H and O–H groups in total. The summed E-state index contributed by atoms with van der Waals surface area (Å²) in [5, 5.41) is 0. The topological polar surface area (TPSA) is 15.6 Å². The van der Waals surface area contributed by atoms with E-state index in [0.717, 1.165) is 26.2 Å². The van der Waals surface area contributed by atoms with Crippen molar-refractivity contribution in [3.63, 3.8) is 0 Å². The highest BCUT2D eigenvalue weighted by Crippen LogP contribution is 1.99. The summed E-state index contributed by atoms with van der Waals surface area (Å²) in [5.74, 6) is 0. The van der Waals surface area contributed by atoms with Crippen LogP contribution >= 0.6 is 0 Å². The summed E-state index contributed by atoms with van der Waals surface area (Å²) in [6.45, 7) is 12.6. The lowest BCUT2D eigenvalue weighted by atomic mass is 10.2. The lowest BCUT2D eigenvalue weighted by Crippen LogP contribution is -2.25. The van der Waals surface area contributed by atoms with Gasteiger partial charge in [0.1, 0.15) is 0 Å². The van der Waals surface area contributed by atoms with Crippen molar-refractivity contribution in [2.45, 2.75) is 27.2 Å². The van der Waals surface area contributed by atoms with E-state index >= 15 is 0 Å². The van der Waals surface area contributed by atoms with Crippen molar-refractivity contribution in [2.24, 2.45) is 4.99 Å². The normalized spacial score (nSPS) is 12.7. The molecule has 14 heavy (non-hydrogen) atoms. The Balaban J connectivity index is 3.99. The van der Waals surface area contributed by atoms with E-state index in [0.29, 0.717) is 0 Å². The second-order valence-corrected chi connectivity index (χ2v) is 3.36. The molecule has 0 bridgehead atoms. The van der Waals surface area contributed by atoms with Crippen molar-refractivity contribution in [3.8, 4) is 0 Å². The Labute approximate surface area is 88.0 Å². The second-order valence-electron chi connectivity index (χ2n) is 3.36. The number of likely N-dealkylation sites (N-methyl/N-ethyl adjacent to an activating group) is 1. The minimum absolute atomic E-state index is 0.721. The first-order valence-corrected chi connectivity index (χ1v) is 5.21. The molecule has 0 saturated carbocycles. The van der Waals surface area contributed by atoms with Crippen molar-refractivity contribution in [2.75, 3.05) is 19.8 Å². The predicted octanol–water partition coefficient (Wildman–Crippen LogP) is 2.88. The average Bonchev–Trinajstić information content (AvgIpc) is 2.17. The molecule has 0 aromatic heterocycles. The van der Waals surface area contributed by atoms with Crippen molar-refractivity contribution in [1.29, 1.82) is 0 Å². The largest absolute Gasteiger partial charge is 0.285 e. The van der Waals surface area contributed by atoms with Crippen LogP contribution in [0.15, 0.2) is 28.8 Å². The zero-order chi connectivity index (χ0) is 10.8. The van der Waals surface area contributed by atoms with Gasteiger partial charge >= 0.3 is 0 Å². The van der Waals surface area contributed by atoms with Crippen LogP contribution < -0.4 is 0 Å². The van der Waals surface area contributed by atoms with E-state index in [4.69, 9.17) is 0 Å². The number of rotatable bonds is 7. The van der Waals surface area contributed by atoms with Crippen LogP contribution in [0.4, 0.5) is 0 Å². The summed E-state index contributed by atoms with van der Waals surface area (Å²) in [4.78, 5) is 6.14. The predicted molar refractivity (Wildman–Crippen MR) is 64.9 cm³/mol. The first-order chi connectivity index (χ1) is 6.74. The van der Waals surface area contributed by atoms with Gasteiger partial charge in [-0.2, -0.15) is 0 Å². The molecule has 0 spiro atoms. The Morgan fingerprint density at radius 1 is 1.43 bits per heavy atom. The van der Waals surface area contributed by atoms with E-state index in [2.05, 4.69) is 55.6 Å². The van der Waals surface area contributed by atoms with E-state index in [9.17, 15) is 0 Å². The molecular weight excluding hydrogens is 172 g/mol. The van der Waals surface area contributed by atoms with Gasteiger partial charge in [0.05, 0.1) is 6.67 Å². The maximum Gasteiger partial charge on any atom is 0.0904 e. The minimum atomic E-state index is 0.721. The number of aliphatic imine (C=N–C) groups is 1. The van der Waals surface area contributed by atoms with Gasteiger partial charge in [-0.25, -0.2) is 0 Å². The quantitative estimate of drug-likeness (QED) is 0.449. The molecule has 0 saturated heterocycles. The van der Waals surface area contributed by atoms with Crippen molar-refractivity contribution in [3.05, 3.63) is 23.8 Å².